The van der Waals surface area contributed by atoms with Crippen molar-refractivity contribution >= 4 is 52.1 Å². The van der Waals surface area contributed by atoms with E-state index in [2.05, 4.69) is 25.5 Å². The molecule has 2 N–H and O–H groups in total. The third kappa shape index (κ3) is 6.19. The number of carbonyl (C=O) groups is 3. The van der Waals surface area contributed by atoms with E-state index < -0.39 is 17.5 Å². The van der Waals surface area contributed by atoms with Crippen LogP contribution in [0.2, 0.25) is 0 Å². The van der Waals surface area contributed by atoms with Crippen LogP contribution in [0.1, 0.15) is 54.4 Å². The normalized spacial score (nSPS) is 16.0. The van der Waals surface area contributed by atoms with E-state index in [1.54, 1.807) is 59.6 Å². The number of hydrogen-bond donors (Lipinski definition) is 2. The van der Waals surface area contributed by atoms with Crippen molar-refractivity contribution in [3.63, 3.8) is 0 Å². The molecule has 0 radical (unpaired) electrons. The molecular formula is C39H34F2N6O4S. The minimum Gasteiger partial charge on any atom is -0.381 e. The molecule has 0 unspecified atom stereocenters. The fourth-order valence-corrected chi connectivity index (χ4v) is 8.35. The molecule has 0 saturated carbocycles. The Labute approximate surface area is 302 Å². The molecule has 2 fully saturated rings. The van der Waals surface area contributed by atoms with Crippen LogP contribution in [0, 0.1) is 24.0 Å². The van der Waals surface area contributed by atoms with Crippen LogP contribution in [0.5, 0.6) is 0 Å². The quantitative estimate of drug-likeness (QED) is 0.192. The van der Waals surface area contributed by atoms with Crippen LogP contribution in [0.4, 0.5) is 31.8 Å². The summed E-state index contributed by atoms with van der Waals surface area (Å²) < 4.78 is 35.5. The molecule has 0 bridgehead atoms. The average Bonchev–Trinajstić information content (AvgIpc) is 3.38. The van der Waals surface area contributed by atoms with Gasteiger partial charge < -0.3 is 25.2 Å². The number of benzene rings is 2. The average molecular weight is 721 g/mol. The van der Waals surface area contributed by atoms with Crippen molar-refractivity contribution in [1.82, 2.24) is 9.97 Å². The predicted octanol–water partition coefficient (Wildman–Crippen LogP) is 7.12. The summed E-state index contributed by atoms with van der Waals surface area (Å²) in [7, 11) is 0. The number of aromatic nitrogens is 2. The van der Waals surface area contributed by atoms with Gasteiger partial charge in [-0.3, -0.25) is 14.4 Å². The van der Waals surface area contributed by atoms with Gasteiger partial charge in [-0.1, -0.05) is 18.2 Å². The summed E-state index contributed by atoms with van der Waals surface area (Å²) >= 11 is 0.953. The third-order valence-electron chi connectivity index (χ3n) is 9.95. The van der Waals surface area contributed by atoms with Crippen molar-refractivity contribution in [2.24, 2.45) is 5.41 Å². The standard InChI is InChI=1S/C39H34F2N6O4S/c1-23-19-28(35(43-20-23)46-21-39(22-46)13-17-51-18-14-39)36(48)44-25-10-8-24(9-11-25)38(50)47-16-12-27-31(41)33(37(49)45-34-29(40)6-4-15-42-34)52-32(27)26-5-2-3-7-30(26)47/h2-11,15,19-20H,12-14,16-18,21-22H2,1H3,(H,44,48)(H,42,45,49). The van der Waals surface area contributed by atoms with E-state index in [0.29, 0.717) is 44.3 Å². The van der Waals surface area contributed by atoms with Crippen molar-refractivity contribution in [3.05, 3.63) is 118 Å². The fraction of sp³-hybridized carbons (Fsp3) is 0.256. The van der Waals surface area contributed by atoms with Crippen LogP contribution >= 0.6 is 11.3 Å². The highest BCUT2D eigenvalue weighted by molar-refractivity contribution is 7.17. The third-order valence-corrected chi connectivity index (χ3v) is 11.2. The lowest BCUT2D eigenvalue weighted by Gasteiger charge is -2.53. The SMILES string of the molecule is Cc1cnc(N2CC3(CCOCC3)C2)c(C(=O)Nc2ccc(C(=O)N3CCc4c(sc(C(=O)Nc5ncccc5F)c4F)-c4ccccc43)cc2)c1. The van der Waals surface area contributed by atoms with Gasteiger partial charge in [0, 0.05) is 77.9 Å². The zero-order chi connectivity index (χ0) is 36.0. The zero-order valence-electron chi connectivity index (χ0n) is 28.2. The van der Waals surface area contributed by atoms with E-state index in [1.807, 2.05) is 13.0 Å². The summed E-state index contributed by atoms with van der Waals surface area (Å²) in [4.78, 5) is 53.1. The monoisotopic (exact) mass is 720 g/mol. The van der Waals surface area contributed by atoms with Gasteiger partial charge in [-0.15, -0.1) is 11.3 Å². The maximum absolute atomic E-state index is 15.9. The van der Waals surface area contributed by atoms with Crippen LogP contribution in [0.15, 0.2) is 79.1 Å². The minimum absolute atomic E-state index is 0.149. The molecule has 1 spiro atoms. The molecule has 2 saturated heterocycles. The Morgan fingerprint density at radius 3 is 2.46 bits per heavy atom. The number of nitrogens with zero attached hydrogens (tertiary/aromatic N) is 4. The molecule has 3 aliphatic rings. The first kappa shape index (κ1) is 33.6. The Hall–Kier alpha value is -5.53. The number of carbonyl (C=O) groups excluding carboxylic acids is 3. The van der Waals surface area contributed by atoms with Crippen LogP contribution in [0.3, 0.4) is 0 Å². The highest BCUT2D eigenvalue weighted by Gasteiger charge is 2.45. The molecule has 0 aliphatic carbocycles. The van der Waals surface area contributed by atoms with Gasteiger partial charge in [0.25, 0.3) is 17.7 Å². The van der Waals surface area contributed by atoms with E-state index in [0.717, 1.165) is 62.1 Å². The molecule has 2 aromatic carbocycles. The lowest BCUT2D eigenvalue weighted by atomic mass is 9.73. The van der Waals surface area contributed by atoms with Crippen molar-refractivity contribution in [2.75, 3.05) is 53.3 Å². The number of nitrogens with one attached hydrogen (secondary N) is 2. The molecule has 8 rings (SSSR count). The molecule has 3 aliphatic heterocycles. The predicted molar refractivity (Wildman–Crippen MR) is 195 cm³/mol. The van der Waals surface area contributed by atoms with Gasteiger partial charge in [0.05, 0.1) is 11.3 Å². The van der Waals surface area contributed by atoms with E-state index in [1.165, 1.54) is 12.3 Å². The number of aryl methyl sites for hydroxylation is 1. The Morgan fingerprint density at radius 2 is 1.69 bits per heavy atom. The van der Waals surface area contributed by atoms with Gasteiger partial charge in [-0.05, 0) is 80.3 Å². The van der Waals surface area contributed by atoms with Crippen LogP contribution < -0.4 is 20.4 Å². The van der Waals surface area contributed by atoms with Crippen molar-refractivity contribution in [2.45, 2.75) is 26.2 Å². The van der Waals surface area contributed by atoms with E-state index in [9.17, 15) is 18.8 Å². The van der Waals surface area contributed by atoms with E-state index in [-0.39, 0.29) is 40.9 Å². The summed E-state index contributed by atoms with van der Waals surface area (Å²) in [6, 6.07) is 18.2. The number of halogens is 2. The number of pyridine rings is 2. The number of thiophene rings is 1. The van der Waals surface area contributed by atoms with Crippen molar-refractivity contribution < 1.29 is 27.9 Å². The molecule has 0 atom stereocenters. The number of anilines is 4. The number of hydrogen-bond acceptors (Lipinski definition) is 8. The lowest BCUT2D eigenvalue weighted by Crippen LogP contribution is -2.59. The number of rotatable bonds is 6. The molecule has 3 amide bonds. The van der Waals surface area contributed by atoms with Crippen molar-refractivity contribution in [3.8, 4) is 10.4 Å². The van der Waals surface area contributed by atoms with Crippen LogP contribution in [-0.4, -0.2) is 60.5 Å². The second-order valence-corrected chi connectivity index (χ2v) is 14.5. The summed E-state index contributed by atoms with van der Waals surface area (Å²) in [5.74, 6) is -2.45. The van der Waals surface area contributed by atoms with Gasteiger partial charge in [0.1, 0.15) is 10.7 Å². The maximum Gasteiger partial charge on any atom is 0.270 e. The first-order valence-electron chi connectivity index (χ1n) is 17.0. The molecule has 10 nitrogen and oxygen atoms in total. The van der Waals surface area contributed by atoms with Gasteiger partial charge in [-0.25, -0.2) is 18.7 Å². The summed E-state index contributed by atoms with van der Waals surface area (Å²) in [5, 5.41) is 5.33. The molecular weight excluding hydrogens is 687 g/mol. The molecule has 3 aromatic heterocycles. The van der Waals surface area contributed by atoms with Gasteiger partial charge >= 0.3 is 0 Å². The number of ether oxygens (including phenoxy) is 1. The Morgan fingerprint density at radius 1 is 0.923 bits per heavy atom. The largest absolute Gasteiger partial charge is 0.381 e. The first-order valence-corrected chi connectivity index (χ1v) is 17.9. The van der Waals surface area contributed by atoms with Gasteiger partial charge in [0.15, 0.2) is 17.5 Å². The highest BCUT2D eigenvalue weighted by Crippen LogP contribution is 2.44. The van der Waals surface area contributed by atoms with Crippen molar-refractivity contribution in [1.29, 1.82) is 0 Å². The number of amides is 3. The molecule has 6 heterocycles. The smallest absolute Gasteiger partial charge is 0.270 e. The Kier molecular flexibility index (Phi) is 8.76. The topological polar surface area (TPSA) is 117 Å². The fourth-order valence-electron chi connectivity index (χ4n) is 7.20. The summed E-state index contributed by atoms with van der Waals surface area (Å²) in [5.41, 5.74) is 3.98. The second kappa shape index (κ2) is 13.5. The van der Waals surface area contributed by atoms with Gasteiger partial charge in [0.2, 0.25) is 0 Å². The number of para-hydroxylation sites is 1. The van der Waals surface area contributed by atoms with Crippen LogP contribution in [0.25, 0.3) is 10.4 Å². The van der Waals surface area contributed by atoms with Gasteiger partial charge in [-0.2, -0.15) is 0 Å². The molecule has 5 aromatic rings. The molecule has 52 heavy (non-hydrogen) atoms. The minimum atomic E-state index is -0.801. The van der Waals surface area contributed by atoms with Crippen LogP contribution in [-0.2, 0) is 11.2 Å². The summed E-state index contributed by atoms with van der Waals surface area (Å²) in [6.45, 7) is 5.26. The zero-order valence-corrected chi connectivity index (χ0v) is 29.1. The second-order valence-electron chi connectivity index (χ2n) is 13.4. The maximum atomic E-state index is 15.9. The van der Waals surface area contributed by atoms with E-state index >= 15 is 4.39 Å². The Bertz CT molecular complexity index is 2210. The highest BCUT2D eigenvalue weighted by atomic mass is 32.1. The van der Waals surface area contributed by atoms with E-state index in [4.69, 9.17) is 4.74 Å². The molecule has 264 valence electrons. The lowest BCUT2D eigenvalue weighted by molar-refractivity contribution is -0.000511. The first-order chi connectivity index (χ1) is 25.2. The Balaban J connectivity index is 0.989. The summed E-state index contributed by atoms with van der Waals surface area (Å²) in [6.07, 6.45) is 5.27. The number of fused-ring (bicyclic) bond motifs is 3. The molecule has 13 heteroatoms.